The predicted octanol–water partition coefficient (Wildman–Crippen LogP) is 2.80. The Labute approximate surface area is 159 Å². The number of nitrogens with zero attached hydrogens (tertiary/aromatic N) is 4. The lowest BCUT2D eigenvalue weighted by atomic mass is 10.0. The molecule has 0 saturated heterocycles. The Morgan fingerprint density at radius 2 is 1.93 bits per heavy atom. The monoisotopic (exact) mass is 397 g/mol. The predicted molar refractivity (Wildman–Crippen MR) is 97.3 cm³/mol. The van der Waals surface area contributed by atoms with Crippen LogP contribution in [-0.2, 0) is 16.5 Å². The second-order valence-corrected chi connectivity index (χ2v) is 7.19. The SMILES string of the molecule is CNC(=O)C(C)(C)n1ncc(Nc2ncc(C(F)(F)F)c(NC3CC3)n2)c1C. The van der Waals surface area contributed by atoms with Crippen LogP contribution in [0, 0.1) is 6.92 Å². The fourth-order valence-electron chi connectivity index (χ4n) is 2.80. The van der Waals surface area contributed by atoms with Crippen LogP contribution in [0.15, 0.2) is 12.4 Å². The zero-order valence-electron chi connectivity index (χ0n) is 16.0. The highest BCUT2D eigenvalue weighted by atomic mass is 19.4. The summed E-state index contributed by atoms with van der Waals surface area (Å²) in [6, 6.07) is 0.00157. The lowest BCUT2D eigenvalue weighted by molar-refractivity contribution is -0.137. The van der Waals surface area contributed by atoms with E-state index in [4.69, 9.17) is 0 Å². The summed E-state index contributed by atoms with van der Waals surface area (Å²) in [5.41, 5.74) is -0.737. The number of carbonyl (C=O) groups excluding carboxylic acids is 1. The van der Waals surface area contributed by atoms with Gasteiger partial charge in [-0.15, -0.1) is 0 Å². The van der Waals surface area contributed by atoms with Gasteiger partial charge in [0, 0.05) is 19.3 Å². The van der Waals surface area contributed by atoms with Crippen molar-refractivity contribution in [3.8, 4) is 0 Å². The van der Waals surface area contributed by atoms with Gasteiger partial charge in [0.15, 0.2) is 0 Å². The van der Waals surface area contributed by atoms with Crippen molar-refractivity contribution in [2.45, 2.75) is 51.4 Å². The molecule has 2 heterocycles. The second-order valence-electron chi connectivity index (χ2n) is 7.19. The van der Waals surface area contributed by atoms with E-state index in [2.05, 4.69) is 31.0 Å². The maximum absolute atomic E-state index is 13.2. The molecular formula is C17H22F3N7O. The zero-order valence-corrected chi connectivity index (χ0v) is 16.0. The fourth-order valence-corrected chi connectivity index (χ4v) is 2.80. The Kier molecular flexibility index (Phi) is 4.94. The van der Waals surface area contributed by atoms with Gasteiger partial charge in [-0.1, -0.05) is 0 Å². The van der Waals surface area contributed by atoms with Crippen molar-refractivity contribution in [1.29, 1.82) is 0 Å². The van der Waals surface area contributed by atoms with Crippen LogP contribution in [0.2, 0.25) is 0 Å². The van der Waals surface area contributed by atoms with Crippen molar-refractivity contribution in [3.05, 3.63) is 23.7 Å². The molecule has 2 aromatic rings. The van der Waals surface area contributed by atoms with Gasteiger partial charge in [0.2, 0.25) is 11.9 Å². The van der Waals surface area contributed by atoms with E-state index < -0.39 is 17.3 Å². The molecule has 1 aliphatic carbocycles. The lowest BCUT2D eigenvalue weighted by Gasteiger charge is -2.25. The number of aromatic nitrogens is 4. The molecule has 1 amide bonds. The second kappa shape index (κ2) is 6.95. The van der Waals surface area contributed by atoms with E-state index in [0.717, 1.165) is 19.0 Å². The van der Waals surface area contributed by atoms with E-state index in [1.54, 1.807) is 20.8 Å². The van der Waals surface area contributed by atoms with Gasteiger partial charge >= 0.3 is 6.18 Å². The van der Waals surface area contributed by atoms with Gasteiger partial charge < -0.3 is 16.0 Å². The third kappa shape index (κ3) is 3.87. The Morgan fingerprint density at radius 3 is 2.50 bits per heavy atom. The van der Waals surface area contributed by atoms with Crippen molar-refractivity contribution < 1.29 is 18.0 Å². The molecule has 2 aromatic heterocycles. The number of rotatable bonds is 6. The van der Waals surface area contributed by atoms with Crippen molar-refractivity contribution in [2.75, 3.05) is 17.7 Å². The summed E-state index contributed by atoms with van der Waals surface area (Å²) >= 11 is 0. The molecule has 1 aliphatic rings. The van der Waals surface area contributed by atoms with E-state index in [-0.39, 0.29) is 23.7 Å². The van der Waals surface area contributed by atoms with Gasteiger partial charge in [0.1, 0.15) is 16.9 Å². The summed E-state index contributed by atoms with van der Waals surface area (Å²) in [4.78, 5) is 19.9. The standard InChI is InChI=1S/C17H22F3N7O/c1-9-12(8-23-27(9)16(2,3)14(28)21-4)25-15-22-7-11(17(18,19)20)13(26-15)24-10-5-6-10/h7-8,10H,5-6H2,1-4H3,(H,21,28)(H2,22,24,25,26). The third-order valence-corrected chi connectivity index (χ3v) is 4.58. The van der Waals surface area contributed by atoms with E-state index in [9.17, 15) is 18.0 Å². The van der Waals surface area contributed by atoms with Gasteiger partial charge in [-0.05, 0) is 33.6 Å². The minimum absolute atomic E-state index is 0.00157. The van der Waals surface area contributed by atoms with Gasteiger partial charge in [-0.2, -0.15) is 23.3 Å². The van der Waals surface area contributed by atoms with Gasteiger partial charge in [-0.3, -0.25) is 9.48 Å². The minimum Gasteiger partial charge on any atom is -0.367 e. The summed E-state index contributed by atoms with van der Waals surface area (Å²) in [7, 11) is 1.53. The number of hydrogen-bond donors (Lipinski definition) is 3. The molecule has 3 N–H and O–H groups in total. The van der Waals surface area contributed by atoms with Crippen LogP contribution in [0.3, 0.4) is 0 Å². The molecule has 0 radical (unpaired) electrons. The quantitative estimate of drug-likeness (QED) is 0.694. The first-order valence-electron chi connectivity index (χ1n) is 8.79. The fraction of sp³-hybridized carbons (Fsp3) is 0.529. The number of alkyl halides is 3. The van der Waals surface area contributed by atoms with Gasteiger partial charge in [-0.25, -0.2) is 4.98 Å². The molecule has 0 atom stereocenters. The van der Waals surface area contributed by atoms with E-state index in [1.807, 2.05) is 0 Å². The van der Waals surface area contributed by atoms with Crippen LogP contribution >= 0.6 is 0 Å². The number of anilines is 3. The molecule has 0 aromatic carbocycles. The molecule has 0 aliphatic heterocycles. The van der Waals surface area contributed by atoms with E-state index >= 15 is 0 Å². The average Bonchev–Trinajstić information content (AvgIpc) is 3.35. The molecule has 0 bridgehead atoms. The first kappa shape index (κ1) is 19.9. The Hall–Kier alpha value is -2.85. The van der Waals surface area contributed by atoms with Crippen LogP contribution in [0.4, 0.5) is 30.6 Å². The maximum Gasteiger partial charge on any atom is 0.421 e. The summed E-state index contributed by atoms with van der Waals surface area (Å²) in [5.74, 6) is -0.466. The van der Waals surface area contributed by atoms with Crippen LogP contribution < -0.4 is 16.0 Å². The van der Waals surface area contributed by atoms with Crippen LogP contribution in [0.1, 0.15) is 37.9 Å². The Morgan fingerprint density at radius 1 is 1.25 bits per heavy atom. The molecular weight excluding hydrogens is 375 g/mol. The largest absolute Gasteiger partial charge is 0.421 e. The molecule has 0 unspecified atom stereocenters. The molecule has 1 fully saturated rings. The molecule has 3 rings (SSSR count). The molecule has 11 heteroatoms. The highest BCUT2D eigenvalue weighted by Gasteiger charge is 2.37. The van der Waals surface area contributed by atoms with Gasteiger partial charge in [0.05, 0.1) is 17.6 Å². The van der Waals surface area contributed by atoms with E-state index in [0.29, 0.717) is 11.4 Å². The van der Waals surface area contributed by atoms with Crippen molar-refractivity contribution in [3.63, 3.8) is 0 Å². The van der Waals surface area contributed by atoms with E-state index in [1.165, 1.54) is 17.9 Å². The smallest absolute Gasteiger partial charge is 0.367 e. The lowest BCUT2D eigenvalue weighted by Crippen LogP contribution is -2.44. The zero-order chi connectivity index (χ0) is 20.7. The number of hydrogen-bond acceptors (Lipinski definition) is 6. The molecule has 0 spiro atoms. The summed E-state index contributed by atoms with van der Waals surface area (Å²) < 4.78 is 41.1. The highest BCUT2D eigenvalue weighted by molar-refractivity contribution is 5.83. The van der Waals surface area contributed by atoms with Crippen LogP contribution in [0.25, 0.3) is 0 Å². The molecule has 1 saturated carbocycles. The number of likely N-dealkylation sites (N-methyl/N-ethyl adjacent to an activating group) is 1. The van der Waals surface area contributed by atoms with Crippen molar-refractivity contribution >= 4 is 23.4 Å². The van der Waals surface area contributed by atoms with Crippen molar-refractivity contribution in [2.24, 2.45) is 0 Å². The third-order valence-electron chi connectivity index (χ3n) is 4.58. The number of nitrogens with one attached hydrogen (secondary N) is 3. The Balaban J connectivity index is 1.89. The highest BCUT2D eigenvalue weighted by Crippen LogP contribution is 2.36. The first-order valence-corrected chi connectivity index (χ1v) is 8.79. The first-order chi connectivity index (χ1) is 13.0. The average molecular weight is 397 g/mol. The Bertz CT molecular complexity index is 887. The van der Waals surface area contributed by atoms with Gasteiger partial charge in [0.25, 0.3) is 0 Å². The summed E-state index contributed by atoms with van der Waals surface area (Å²) in [6.45, 7) is 5.16. The molecule has 8 nitrogen and oxygen atoms in total. The topological polar surface area (TPSA) is 96.8 Å². The minimum atomic E-state index is -4.55. The normalized spacial score (nSPS) is 14.7. The maximum atomic E-state index is 13.2. The summed E-state index contributed by atoms with van der Waals surface area (Å²) in [6.07, 6.45) is -0.688. The van der Waals surface area contributed by atoms with Crippen molar-refractivity contribution in [1.82, 2.24) is 25.1 Å². The molecule has 28 heavy (non-hydrogen) atoms. The van der Waals surface area contributed by atoms with Crippen LogP contribution in [-0.4, -0.2) is 38.7 Å². The number of halogens is 3. The molecule has 152 valence electrons. The summed E-state index contributed by atoms with van der Waals surface area (Å²) in [5, 5.41) is 12.5. The van der Waals surface area contributed by atoms with Crippen LogP contribution in [0.5, 0.6) is 0 Å². The number of carbonyl (C=O) groups is 1. The number of amides is 1.